The molecule has 0 amide bonds. The highest BCUT2D eigenvalue weighted by Crippen LogP contribution is 2.33. The van der Waals surface area contributed by atoms with Crippen molar-refractivity contribution in [2.45, 2.75) is 6.92 Å². The van der Waals surface area contributed by atoms with Crippen LogP contribution < -0.4 is 4.74 Å². The van der Waals surface area contributed by atoms with Crippen LogP contribution in [0.4, 0.5) is 5.82 Å². The number of nitro groups is 1. The molecular weight excluding hydrogens is 349 g/mol. The van der Waals surface area contributed by atoms with Gasteiger partial charge in [0.05, 0.1) is 3.57 Å². The Kier molecular flexibility index (Phi) is 3.50. The van der Waals surface area contributed by atoms with Gasteiger partial charge in [-0.05, 0) is 44.6 Å². The van der Waals surface area contributed by atoms with Crippen molar-refractivity contribution in [3.8, 4) is 11.6 Å². The number of hydrogen-bond acceptors (Lipinski definition) is 4. The largest absolute Gasteiger partial charge is 0.433 e. The van der Waals surface area contributed by atoms with Gasteiger partial charge in [-0.25, -0.2) is 0 Å². The number of aromatic nitrogens is 2. The zero-order chi connectivity index (χ0) is 13.3. The maximum Gasteiger partial charge on any atom is 0.427 e. The van der Waals surface area contributed by atoms with E-state index in [1.807, 2.05) is 18.2 Å². The summed E-state index contributed by atoms with van der Waals surface area (Å²) in [6, 6.07) is 7.31. The number of imidazole rings is 1. The summed E-state index contributed by atoms with van der Waals surface area (Å²) >= 11 is 2.11. The average molecular weight is 359 g/mol. The normalized spacial score (nSPS) is 10.4. The van der Waals surface area contributed by atoms with E-state index < -0.39 is 4.92 Å². The fourth-order valence-corrected chi connectivity index (χ4v) is 1.94. The van der Waals surface area contributed by atoms with Crippen LogP contribution in [0.15, 0.2) is 24.3 Å². The second-order valence-electron chi connectivity index (χ2n) is 3.64. The van der Waals surface area contributed by atoms with E-state index in [0.29, 0.717) is 11.6 Å². The van der Waals surface area contributed by atoms with E-state index in [-0.39, 0.29) is 11.7 Å². The Morgan fingerprint density at radius 3 is 2.72 bits per heavy atom. The zero-order valence-corrected chi connectivity index (χ0v) is 11.9. The first kappa shape index (κ1) is 12.8. The Bertz CT molecular complexity index is 610. The van der Waals surface area contributed by atoms with Crippen LogP contribution in [0.3, 0.4) is 0 Å². The number of nitrogens with zero attached hydrogens (tertiary/aromatic N) is 3. The molecule has 0 radical (unpaired) electrons. The van der Waals surface area contributed by atoms with Crippen molar-refractivity contribution < 1.29 is 9.66 Å². The summed E-state index contributed by atoms with van der Waals surface area (Å²) in [6.07, 6.45) is 0. The summed E-state index contributed by atoms with van der Waals surface area (Å²) in [5.74, 6) is 0.975. The second kappa shape index (κ2) is 4.92. The lowest BCUT2D eigenvalue weighted by Crippen LogP contribution is -1.98. The number of rotatable bonds is 3. The molecule has 1 aromatic carbocycles. The molecule has 0 atom stereocenters. The molecule has 0 fully saturated rings. The van der Waals surface area contributed by atoms with Crippen LogP contribution in [-0.2, 0) is 7.05 Å². The molecule has 18 heavy (non-hydrogen) atoms. The van der Waals surface area contributed by atoms with Crippen LogP contribution in [0.25, 0.3) is 0 Å². The zero-order valence-electron chi connectivity index (χ0n) is 9.75. The maximum atomic E-state index is 10.9. The van der Waals surface area contributed by atoms with E-state index in [9.17, 15) is 10.1 Å². The molecule has 2 aromatic rings. The Morgan fingerprint density at radius 2 is 2.11 bits per heavy atom. The van der Waals surface area contributed by atoms with Gasteiger partial charge < -0.3 is 14.9 Å². The number of hydrogen-bond donors (Lipinski definition) is 0. The van der Waals surface area contributed by atoms with E-state index in [4.69, 9.17) is 4.74 Å². The molecule has 0 unspecified atom stereocenters. The molecule has 0 aliphatic carbocycles. The molecule has 0 aliphatic heterocycles. The summed E-state index contributed by atoms with van der Waals surface area (Å²) in [6.45, 7) is 1.69. The molecule has 1 heterocycles. The van der Waals surface area contributed by atoms with Crippen LogP contribution >= 0.6 is 22.6 Å². The lowest BCUT2D eigenvalue weighted by Gasteiger charge is -2.07. The number of benzene rings is 1. The van der Waals surface area contributed by atoms with Crippen LogP contribution in [-0.4, -0.2) is 14.5 Å². The highest BCUT2D eigenvalue weighted by molar-refractivity contribution is 14.1. The maximum absolute atomic E-state index is 10.9. The molecule has 0 N–H and O–H groups in total. The molecule has 7 heteroatoms. The van der Waals surface area contributed by atoms with Gasteiger partial charge in [0.1, 0.15) is 5.75 Å². The molecule has 6 nitrogen and oxygen atoms in total. The molecular formula is C11H10IN3O3. The molecule has 0 bridgehead atoms. The number of aryl methyl sites for hydroxylation is 1. The minimum Gasteiger partial charge on any atom is -0.433 e. The lowest BCUT2D eigenvalue weighted by atomic mass is 10.3. The van der Waals surface area contributed by atoms with Crippen molar-refractivity contribution in [2.75, 3.05) is 0 Å². The van der Waals surface area contributed by atoms with E-state index in [2.05, 4.69) is 27.6 Å². The molecule has 2 rings (SSSR count). The first-order valence-electron chi connectivity index (χ1n) is 5.10. The predicted octanol–water partition coefficient (Wildman–Crippen LogP) is 3.03. The van der Waals surface area contributed by atoms with Gasteiger partial charge in [0.15, 0.2) is 0 Å². The van der Waals surface area contributed by atoms with E-state index >= 15 is 0 Å². The first-order valence-corrected chi connectivity index (χ1v) is 6.18. The van der Waals surface area contributed by atoms with Crippen LogP contribution in [0, 0.1) is 20.6 Å². The minimum atomic E-state index is -0.544. The average Bonchev–Trinajstić information content (AvgIpc) is 2.60. The summed E-state index contributed by atoms with van der Waals surface area (Å²) < 4.78 is 8.04. The topological polar surface area (TPSA) is 70.2 Å². The van der Waals surface area contributed by atoms with Crippen molar-refractivity contribution in [2.24, 2.45) is 7.05 Å². The van der Waals surface area contributed by atoms with Gasteiger partial charge in [0, 0.05) is 14.0 Å². The smallest absolute Gasteiger partial charge is 0.427 e. The molecule has 1 aromatic heterocycles. The Balaban J connectivity index is 2.46. The monoisotopic (exact) mass is 359 g/mol. The Hall–Kier alpha value is -1.64. The van der Waals surface area contributed by atoms with Gasteiger partial charge >= 0.3 is 11.7 Å². The van der Waals surface area contributed by atoms with E-state index in [0.717, 1.165) is 3.57 Å². The van der Waals surface area contributed by atoms with Crippen LogP contribution in [0.5, 0.6) is 11.6 Å². The Labute approximate surface area is 117 Å². The third kappa shape index (κ3) is 2.30. The van der Waals surface area contributed by atoms with Crippen LogP contribution in [0.1, 0.15) is 5.82 Å². The highest BCUT2D eigenvalue weighted by atomic mass is 127. The van der Waals surface area contributed by atoms with Crippen molar-refractivity contribution in [3.63, 3.8) is 0 Å². The summed E-state index contributed by atoms with van der Waals surface area (Å²) in [5, 5.41) is 10.9. The van der Waals surface area contributed by atoms with Gasteiger partial charge in [0.2, 0.25) is 5.82 Å². The number of halogens is 1. The molecule has 0 saturated heterocycles. The lowest BCUT2D eigenvalue weighted by molar-refractivity contribution is -0.390. The molecule has 94 valence electrons. The molecule has 0 spiro atoms. The van der Waals surface area contributed by atoms with Crippen molar-refractivity contribution in [1.82, 2.24) is 9.55 Å². The number of para-hydroxylation sites is 1. The minimum absolute atomic E-state index is 0.140. The van der Waals surface area contributed by atoms with Crippen molar-refractivity contribution in [1.29, 1.82) is 0 Å². The second-order valence-corrected chi connectivity index (χ2v) is 4.80. The Morgan fingerprint density at radius 1 is 1.44 bits per heavy atom. The third-order valence-electron chi connectivity index (χ3n) is 2.47. The summed E-state index contributed by atoms with van der Waals surface area (Å²) in [5.41, 5.74) is 0. The standard InChI is InChI=1S/C11H10IN3O3/c1-7-13-10(15(16)17)11(14(7)2)18-9-6-4-3-5-8(9)12/h3-6H,1-2H3. The van der Waals surface area contributed by atoms with Crippen LogP contribution in [0.2, 0.25) is 0 Å². The quantitative estimate of drug-likeness (QED) is 0.480. The van der Waals surface area contributed by atoms with Gasteiger partial charge in [-0.2, -0.15) is 0 Å². The van der Waals surface area contributed by atoms with E-state index in [1.54, 1.807) is 24.6 Å². The third-order valence-corrected chi connectivity index (χ3v) is 3.36. The van der Waals surface area contributed by atoms with Crippen molar-refractivity contribution in [3.05, 3.63) is 43.8 Å². The van der Waals surface area contributed by atoms with Gasteiger partial charge in [-0.3, -0.25) is 4.57 Å². The fourth-order valence-electron chi connectivity index (χ4n) is 1.44. The predicted molar refractivity (Wildman–Crippen MR) is 73.8 cm³/mol. The fraction of sp³-hybridized carbons (Fsp3) is 0.182. The first-order chi connectivity index (χ1) is 8.50. The van der Waals surface area contributed by atoms with Gasteiger partial charge in [0.25, 0.3) is 0 Å². The van der Waals surface area contributed by atoms with Gasteiger partial charge in [-0.15, -0.1) is 0 Å². The number of ether oxygens (including phenoxy) is 1. The SMILES string of the molecule is Cc1nc([N+](=O)[O-])c(Oc2ccccc2I)n1C. The van der Waals surface area contributed by atoms with Gasteiger partial charge in [-0.1, -0.05) is 12.1 Å². The molecule has 0 saturated carbocycles. The van der Waals surface area contributed by atoms with E-state index in [1.165, 1.54) is 0 Å². The molecule has 0 aliphatic rings. The highest BCUT2D eigenvalue weighted by Gasteiger charge is 2.26. The summed E-state index contributed by atoms with van der Waals surface area (Å²) in [4.78, 5) is 14.2. The van der Waals surface area contributed by atoms with Crippen molar-refractivity contribution >= 4 is 28.4 Å². The summed E-state index contributed by atoms with van der Waals surface area (Å²) in [7, 11) is 1.68.